The van der Waals surface area contributed by atoms with E-state index in [9.17, 15) is 9.59 Å². The zero-order chi connectivity index (χ0) is 19.9. The van der Waals surface area contributed by atoms with Gasteiger partial charge < -0.3 is 5.11 Å². The molecule has 0 saturated heterocycles. The topological polar surface area (TPSA) is 54.4 Å². The number of carbonyl (C=O) groups excluding carboxylic acids is 1. The molecule has 0 aliphatic rings. The number of Topliss-reactive ketones (excluding diaryl/α,β-unsaturated/α-hetero) is 1. The summed E-state index contributed by atoms with van der Waals surface area (Å²) in [6.07, 6.45) is 14.8. The normalized spacial score (nSPS) is 12.1. The number of hydrogen-bond donors (Lipinski definition) is 1. The van der Waals surface area contributed by atoms with Crippen LogP contribution in [-0.2, 0) is 11.2 Å². The fourth-order valence-electron chi connectivity index (χ4n) is 3.48. The van der Waals surface area contributed by atoms with Gasteiger partial charge >= 0.3 is 5.97 Å². The first-order valence-corrected chi connectivity index (χ1v) is 10.9. The zero-order valence-corrected chi connectivity index (χ0v) is 17.3. The average molecular weight is 375 g/mol. The van der Waals surface area contributed by atoms with Gasteiger partial charge in [-0.3, -0.25) is 9.59 Å². The summed E-state index contributed by atoms with van der Waals surface area (Å²) in [4.78, 5) is 22.9. The van der Waals surface area contributed by atoms with E-state index in [0.717, 1.165) is 6.42 Å². The van der Waals surface area contributed by atoms with E-state index in [0.29, 0.717) is 12.0 Å². The lowest BCUT2D eigenvalue weighted by atomic mass is 9.96. The van der Waals surface area contributed by atoms with Crippen LogP contribution in [0.15, 0.2) is 24.3 Å². The summed E-state index contributed by atoms with van der Waals surface area (Å²) in [6.45, 7) is 4.07. The smallest absolute Gasteiger partial charge is 0.303 e. The van der Waals surface area contributed by atoms with Crippen molar-refractivity contribution in [1.29, 1.82) is 0 Å². The summed E-state index contributed by atoms with van der Waals surface area (Å²) < 4.78 is 0. The molecule has 0 fully saturated rings. The third-order valence-corrected chi connectivity index (χ3v) is 5.15. The molecule has 1 rings (SSSR count). The third kappa shape index (κ3) is 11.6. The Morgan fingerprint density at radius 2 is 1.33 bits per heavy atom. The van der Waals surface area contributed by atoms with Crippen molar-refractivity contribution in [2.75, 3.05) is 0 Å². The quantitative estimate of drug-likeness (QED) is 0.255. The number of hydrogen-bond acceptors (Lipinski definition) is 2. The lowest BCUT2D eigenvalue weighted by Crippen LogP contribution is -2.10. The van der Waals surface area contributed by atoms with Crippen LogP contribution in [-0.4, -0.2) is 16.9 Å². The summed E-state index contributed by atoms with van der Waals surface area (Å²) in [5, 5.41) is 8.79. The number of carbonyl (C=O) groups is 2. The van der Waals surface area contributed by atoms with Crippen LogP contribution in [0, 0.1) is 5.92 Å². The molecule has 1 aromatic carbocycles. The van der Waals surface area contributed by atoms with Gasteiger partial charge in [0.2, 0.25) is 0 Å². The number of carboxylic acid groups (broad SMARTS) is 1. The maximum atomic E-state index is 12.2. The molecule has 0 unspecified atom stereocenters. The Labute approximate surface area is 165 Å². The minimum absolute atomic E-state index is 0.0363. The van der Waals surface area contributed by atoms with Gasteiger partial charge in [0.1, 0.15) is 0 Å². The van der Waals surface area contributed by atoms with E-state index in [2.05, 4.69) is 6.92 Å². The van der Waals surface area contributed by atoms with Crippen LogP contribution in [0.3, 0.4) is 0 Å². The van der Waals surface area contributed by atoms with Gasteiger partial charge in [0.05, 0.1) is 0 Å². The number of aliphatic carboxylic acids is 1. The molecule has 0 bridgehead atoms. The molecule has 0 spiro atoms. The Bertz CT molecular complexity index is 533. The van der Waals surface area contributed by atoms with Gasteiger partial charge in [-0.15, -0.1) is 0 Å². The molecule has 1 N–H and O–H groups in total. The van der Waals surface area contributed by atoms with Gasteiger partial charge in [0, 0.05) is 18.4 Å². The lowest BCUT2D eigenvalue weighted by Gasteiger charge is -2.08. The first kappa shape index (κ1) is 23.4. The standard InChI is InChI=1S/C24H38O3/c1-3-4-5-6-7-8-9-10-11-12-13-21-14-16-22(17-15-21)23(25)18-20(2)19-24(26)27/h14-17,20H,3-13,18-19H2,1-2H3,(H,26,27)/t20-/m0/s1. The molecular weight excluding hydrogens is 336 g/mol. The highest BCUT2D eigenvalue weighted by Crippen LogP contribution is 2.16. The first-order valence-electron chi connectivity index (χ1n) is 10.9. The summed E-state index contributed by atoms with van der Waals surface area (Å²) in [7, 11) is 0. The number of rotatable bonds is 16. The number of ketones is 1. The Balaban J connectivity index is 2.15. The molecule has 0 radical (unpaired) electrons. The molecule has 0 heterocycles. The highest BCUT2D eigenvalue weighted by molar-refractivity contribution is 5.96. The summed E-state index contributed by atoms with van der Waals surface area (Å²) >= 11 is 0. The molecule has 27 heavy (non-hydrogen) atoms. The van der Waals surface area contributed by atoms with Crippen molar-refractivity contribution < 1.29 is 14.7 Å². The Hall–Kier alpha value is -1.64. The van der Waals surface area contributed by atoms with E-state index in [1.165, 1.54) is 69.8 Å². The summed E-state index contributed by atoms with van der Waals surface area (Å²) in [5.74, 6) is -0.933. The second kappa shape index (κ2) is 14.4. The summed E-state index contributed by atoms with van der Waals surface area (Å²) in [6, 6.07) is 7.87. The average Bonchev–Trinajstić information content (AvgIpc) is 2.63. The SMILES string of the molecule is CCCCCCCCCCCCc1ccc(C(=O)C[C@H](C)CC(=O)O)cc1. The van der Waals surface area contributed by atoms with Crippen LogP contribution in [0.5, 0.6) is 0 Å². The third-order valence-electron chi connectivity index (χ3n) is 5.15. The highest BCUT2D eigenvalue weighted by atomic mass is 16.4. The van der Waals surface area contributed by atoms with Gasteiger partial charge in [-0.05, 0) is 24.3 Å². The number of unbranched alkanes of at least 4 members (excludes halogenated alkanes) is 9. The number of aryl methyl sites for hydroxylation is 1. The number of carboxylic acids is 1. The molecule has 0 amide bonds. The molecular formula is C24H38O3. The second-order valence-corrected chi connectivity index (χ2v) is 7.96. The van der Waals surface area contributed by atoms with E-state index in [-0.39, 0.29) is 18.1 Å². The van der Waals surface area contributed by atoms with Gasteiger partial charge in [-0.1, -0.05) is 95.9 Å². The molecule has 3 heteroatoms. The van der Waals surface area contributed by atoms with Gasteiger partial charge in [0.25, 0.3) is 0 Å². The minimum Gasteiger partial charge on any atom is -0.481 e. The molecule has 0 aliphatic carbocycles. The molecule has 0 aliphatic heterocycles. The van der Waals surface area contributed by atoms with Crippen molar-refractivity contribution in [3.05, 3.63) is 35.4 Å². The summed E-state index contributed by atoms with van der Waals surface area (Å²) in [5.41, 5.74) is 1.98. The van der Waals surface area contributed by atoms with Crippen molar-refractivity contribution in [1.82, 2.24) is 0 Å². The Morgan fingerprint density at radius 3 is 1.85 bits per heavy atom. The van der Waals surface area contributed by atoms with Crippen LogP contribution < -0.4 is 0 Å². The van der Waals surface area contributed by atoms with Gasteiger partial charge in [-0.2, -0.15) is 0 Å². The van der Waals surface area contributed by atoms with Crippen LogP contribution >= 0.6 is 0 Å². The van der Waals surface area contributed by atoms with E-state index in [1.54, 1.807) is 0 Å². The fraction of sp³-hybridized carbons (Fsp3) is 0.667. The van der Waals surface area contributed by atoms with Crippen LogP contribution in [0.2, 0.25) is 0 Å². The molecule has 0 aromatic heterocycles. The van der Waals surface area contributed by atoms with Crippen LogP contribution in [0.4, 0.5) is 0 Å². The molecule has 3 nitrogen and oxygen atoms in total. The van der Waals surface area contributed by atoms with Crippen LogP contribution in [0.1, 0.15) is 107 Å². The monoisotopic (exact) mass is 374 g/mol. The highest BCUT2D eigenvalue weighted by Gasteiger charge is 2.14. The van der Waals surface area contributed by atoms with Crippen molar-refractivity contribution in [3.63, 3.8) is 0 Å². The molecule has 1 aromatic rings. The maximum Gasteiger partial charge on any atom is 0.303 e. The Kier molecular flexibility index (Phi) is 12.5. The molecule has 1 atom stereocenters. The minimum atomic E-state index is -0.845. The zero-order valence-electron chi connectivity index (χ0n) is 17.3. The predicted octanol–water partition coefficient (Wildman–Crippen LogP) is 6.83. The van der Waals surface area contributed by atoms with E-state index in [4.69, 9.17) is 5.11 Å². The maximum absolute atomic E-state index is 12.2. The number of benzene rings is 1. The van der Waals surface area contributed by atoms with Crippen LogP contribution in [0.25, 0.3) is 0 Å². The first-order chi connectivity index (χ1) is 13.0. The van der Waals surface area contributed by atoms with Gasteiger partial charge in [-0.25, -0.2) is 0 Å². The lowest BCUT2D eigenvalue weighted by molar-refractivity contribution is -0.137. The molecule has 152 valence electrons. The van der Waals surface area contributed by atoms with Gasteiger partial charge in [0.15, 0.2) is 5.78 Å². The predicted molar refractivity (Wildman–Crippen MR) is 112 cm³/mol. The van der Waals surface area contributed by atoms with E-state index in [1.807, 2.05) is 31.2 Å². The molecule has 0 saturated carbocycles. The van der Waals surface area contributed by atoms with Crippen molar-refractivity contribution in [3.8, 4) is 0 Å². The largest absolute Gasteiger partial charge is 0.481 e. The van der Waals surface area contributed by atoms with Crippen molar-refractivity contribution >= 4 is 11.8 Å². The second-order valence-electron chi connectivity index (χ2n) is 7.96. The fourth-order valence-corrected chi connectivity index (χ4v) is 3.48. The van der Waals surface area contributed by atoms with Crippen molar-refractivity contribution in [2.45, 2.75) is 97.3 Å². The van der Waals surface area contributed by atoms with E-state index < -0.39 is 5.97 Å². The van der Waals surface area contributed by atoms with Crippen molar-refractivity contribution in [2.24, 2.45) is 5.92 Å². The Morgan fingerprint density at radius 1 is 0.815 bits per heavy atom. The van der Waals surface area contributed by atoms with E-state index >= 15 is 0 Å².